The molecule has 3 rings (SSSR count). The minimum absolute atomic E-state index is 0.0575. The van der Waals surface area contributed by atoms with Gasteiger partial charge in [0.25, 0.3) is 5.91 Å². The summed E-state index contributed by atoms with van der Waals surface area (Å²) < 4.78 is 1.77. The Bertz CT molecular complexity index is 1080. The first-order chi connectivity index (χ1) is 12.6. The van der Waals surface area contributed by atoms with Crippen molar-refractivity contribution in [3.8, 4) is 17.9 Å². The van der Waals surface area contributed by atoms with Crippen LogP contribution in [0.2, 0.25) is 0 Å². The van der Waals surface area contributed by atoms with E-state index in [2.05, 4.69) is 11.4 Å². The van der Waals surface area contributed by atoms with Crippen LogP contribution in [0.25, 0.3) is 17.0 Å². The van der Waals surface area contributed by atoms with Crippen LogP contribution >= 0.6 is 0 Å². The van der Waals surface area contributed by atoms with Crippen molar-refractivity contribution < 1.29 is 9.90 Å². The van der Waals surface area contributed by atoms with E-state index in [-0.39, 0.29) is 17.9 Å². The summed E-state index contributed by atoms with van der Waals surface area (Å²) in [6.07, 6.45) is 3.25. The average molecular weight is 342 g/mol. The number of hydrogen-bond acceptors (Lipinski definition) is 4. The quantitative estimate of drug-likeness (QED) is 0.431. The van der Waals surface area contributed by atoms with Crippen LogP contribution in [0.3, 0.4) is 0 Å². The van der Waals surface area contributed by atoms with Crippen LogP contribution in [-0.2, 0) is 11.3 Å². The van der Waals surface area contributed by atoms with Crippen molar-refractivity contribution in [2.75, 3.05) is 5.32 Å². The third-order valence-electron chi connectivity index (χ3n) is 3.85. The molecular formula is C20H14N4O2. The number of benzene rings is 2. The van der Waals surface area contributed by atoms with Gasteiger partial charge in [0, 0.05) is 28.4 Å². The Labute approximate surface area is 149 Å². The van der Waals surface area contributed by atoms with E-state index in [0.717, 1.165) is 10.9 Å². The van der Waals surface area contributed by atoms with Crippen LogP contribution in [-0.4, -0.2) is 15.6 Å². The summed E-state index contributed by atoms with van der Waals surface area (Å²) in [5.74, 6) is -0.459. The van der Waals surface area contributed by atoms with Crippen molar-refractivity contribution in [1.29, 1.82) is 10.5 Å². The average Bonchev–Trinajstić information content (AvgIpc) is 2.99. The number of phenolic OH excluding ortho intramolecular Hbond substituents is 1. The predicted molar refractivity (Wildman–Crippen MR) is 97.9 cm³/mol. The van der Waals surface area contributed by atoms with Crippen molar-refractivity contribution >= 4 is 28.6 Å². The third-order valence-corrected chi connectivity index (χ3v) is 3.85. The van der Waals surface area contributed by atoms with E-state index >= 15 is 0 Å². The molecule has 2 aromatic carbocycles. The maximum atomic E-state index is 12.4. The molecule has 0 saturated heterocycles. The fraction of sp³-hybridized carbons (Fsp3) is 0.0500. The number of nitriles is 2. The zero-order valence-corrected chi connectivity index (χ0v) is 13.7. The van der Waals surface area contributed by atoms with Crippen LogP contribution in [0, 0.1) is 22.7 Å². The van der Waals surface area contributed by atoms with E-state index < -0.39 is 5.91 Å². The van der Waals surface area contributed by atoms with Gasteiger partial charge in [0.05, 0.1) is 6.07 Å². The molecule has 6 heteroatoms. The van der Waals surface area contributed by atoms with E-state index in [1.165, 1.54) is 18.2 Å². The number of rotatable bonds is 4. The van der Waals surface area contributed by atoms with Crippen LogP contribution < -0.4 is 5.32 Å². The summed E-state index contributed by atoms with van der Waals surface area (Å²) in [5, 5.41) is 31.1. The molecule has 6 nitrogen and oxygen atoms in total. The van der Waals surface area contributed by atoms with Crippen molar-refractivity contribution in [2.45, 2.75) is 6.54 Å². The van der Waals surface area contributed by atoms with E-state index in [4.69, 9.17) is 5.26 Å². The molecule has 0 spiro atoms. The SMILES string of the molecule is N#CCn1cc(C=C(C#N)C(=O)Nc2ccc(O)cc2)c2ccccc21. The first-order valence-electron chi connectivity index (χ1n) is 7.79. The number of nitrogens with zero attached hydrogens (tertiary/aromatic N) is 3. The lowest BCUT2D eigenvalue weighted by molar-refractivity contribution is -0.112. The number of nitrogens with one attached hydrogen (secondary N) is 1. The summed E-state index contributed by atoms with van der Waals surface area (Å²) in [6.45, 7) is 0.177. The summed E-state index contributed by atoms with van der Waals surface area (Å²) >= 11 is 0. The van der Waals surface area contributed by atoms with Gasteiger partial charge in [-0.25, -0.2) is 0 Å². The molecule has 0 aliphatic carbocycles. The molecule has 1 amide bonds. The number of fused-ring (bicyclic) bond motifs is 1. The highest BCUT2D eigenvalue weighted by atomic mass is 16.3. The summed E-state index contributed by atoms with van der Waals surface area (Å²) in [5.41, 5.74) is 1.96. The van der Waals surface area contributed by atoms with Gasteiger partial charge in [0.2, 0.25) is 0 Å². The maximum Gasteiger partial charge on any atom is 0.266 e. The highest BCUT2D eigenvalue weighted by Gasteiger charge is 2.12. The molecule has 0 aliphatic heterocycles. The van der Waals surface area contributed by atoms with Gasteiger partial charge in [0.1, 0.15) is 23.9 Å². The Kier molecular flexibility index (Phi) is 4.69. The number of hydrogen-bond donors (Lipinski definition) is 2. The Hall–Kier alpha value is -4.03. The number of aromatic hydroxyl groups is 1. The number of phenols is 1. The normalized spacial score (nSPS) is 10.9. The second kappa shape index (κ2) is 7.25. The van der Waals surface area contributed by atoms with Crippen molar-refractivity contribution in [2.24, 2.45) is 0 Å². The molecule has 0 bridgehead atoms. The van der Waals surface area contributed by atoms with Gasteiger partial charge < -0.3 is 15.0 Å². The first-order valence-corrected chi connectivity index (χ1v) is 7.79. The number of carbonyl (C=O) groups is 1. The monoisotopic (exact) mass is 342 g/mol. The molecule has 1 heterocycles. The Balaban J connectivity index is 1.95. The lowest BCUT2D eigenvalue weighted by atomic mass is 10.1. The molecule has 0 saturated carbocycles. The van der Waals surface area contributed by atoms with Gasteiger partial charge in [-0.1, -0.05) is 18.2 Å². The minimum Gasteiger partial charge on any atom is -0.508 e. The number of para-hydroxylation sites is 1. The number of carbonyl (C=O) groups excluding carboxylic acids is 1. The van der Waals surface area contributed by atoms with Crippen LogP contribution in [0.5, 0.6) is 5.75 Å². The van der Waals surface area contributed by atoms with Crippen LogP contribution in [0.15, 0.2) is 60.3 Å². The van der Waals surface area contributed by atoms with E-state index in [0.29, 0.717) is 11.3 Å². The van der Waals surface area contributed by atoms with Gasteiger partial charge in [-0.05, 0) is 36.4 Å². The van der Waals surface area contributed by atoms with Gasteiger partial charge in [-0.3, -0.25) is 4.79 Å². The fourth-order valence-corrected chi connectivity index (χ4v) is 2.64. The van der Waals surface area contributed by atoms with Crippen LogP contribution in [0.4, 0.5) is 5.69 Å². The third kappa shape index (κ3) is 3.40. The summed E-state index contributed by atoms with van der Waals surface area (Å²) in [6, 6.07) is 17.5. The second-order valence-corrected chi connectivity index (χ2v) is 5.56. The van der Waals surface area contributed by atoms with Crippen LogP contribution in [0.1, 0.15) is 5.56 Å². The largest absolute Gasteiger partial charge is 0.508 e. The molecule has 0 fully saturated rings. The molecule has 126 valence electrons. The summed E-state index contributed by atoms with van der Waals surface area (Å²) in [7, 11) is 0. The van der Waals surface area contributed by atoms with E-state index in [9.17, 15) is 15.2 Å². The molecule has 0 radical (unpaired) electrons. The van der Waals surface area contributed by atoms with Crippen molar-refractivity contribution in [3.63, 3.8) is 0 Å². The number of anilines is 1. The Morgan fingerprint density at radius 2 is 1.88 bits per heavy atom. The first kappa shape index (κ1) is 16.8. The second-order valence-electron chi connectivity index (χ2n) is 5.56. The Morgan fingerprint density at radius 3 is 2.58 bits per heavy atom. The minimum atomic E-state index is -0.546. The van der Waals surface area contributed by atoms with Crippen molar-refractivity contribution in [3.05, 3.63) is 65.9 Å². The topological polar surface area (TPSA) is 102 Å². The molecule has 26 heavy (non-hydrogen) atoms. The lowest BCUT2D eigenvalue weighted by Crippen LogP contribution is -2.13. The van der Waals surface area contributed by atoms with Gasteiger partial charge in [0.15, 0.2) is 0 Å². The molecule has 3 aromatic rings. The Morgan fingerprint density at radius 1 is 1.15 bits per heavy atom. The maximum absolute atomic E-state index is 12.4. The number of aromatic nitrogens is 1. The highest BCUT2D eigenvalue weighted by molar-refractivity contribution is 6.10. The summed E-state index contributed by atoms with van der Waals surface area (Å²) in [4.78, 5) is 12.4. The van der Waals surface area contributed by atoms with E-state index in [1.807, 2.05) is 30.3 Å². The fourth-order valence-electron chi connectivity index (χ4n) is 2.64. The molecule has 0 aliphatic rings. The number of amides is 1. The molecular weight excluding hydrogens is 328 g/mol. The smallest absolute Gasteiger partial charge is 0.266 e. The van der Waals surface area contributed by atoms with Gasteiger partial charge in [-0.2, -0.15) is 10.5 Å². The van der Waals surface area contributed by atoms with Crippen molar-refractivity contribution in [1.82, 2.24) is 4.57 Å². The highest BCUT2D eigenvalue weighted by Crippen LogP contribution is 2.24. The lowest BCUT2D eigenvalue weighted by Gasteiger charge is -2.04. The molecule has 2 N–H and O–H groups in total. The predicted octanol–water partition coefficient (Wildman–Crippen LogP) is 3.42. The van der Waals surface area contributed by atoms with Gasteiger partial charge in [-0.15, -0.1) is 0 Å². The van der Waals surface area contributed by atoms with E-state index in [1.54, 1.807) is 22.9 Å². The molecule has 1 aromatic heterocycles. The van der Waals surface area contributed by atoms with Gasteiger partial charge >= 0.3 is 0 Å². The standard InChI is InChI=1S/C20H14N4O2/c21-9-10-24-13-15(18-3-1-2-4-19(18)24)11-14(12-22)20(26)23-16-5-7-17(25)8-6-16/h1-8,11,13,25H,10H2,(H,23,26). The molecule has 0 atom stereocenters. The molecule has 0 unspecified atom stereocenters. The zero-order valence-electron chi connectivity index (χ0n) is 13.7. The zero-order chi connectivity index (χ0) is 18.5.